The lowest BCUT2D eigenvalue weighted by Crippen LogP contribution is -2.51. The Bertz CT molecular complexity index is 770. The van der Waals surface area contributed by atoms with Crippen molar-refractivity contribution in [1.82, 2.24) is 9.21 Å². The Morgan fingerprint density at radius 2 is 1.76 bits per heavy atom. The zero-order valence-corrected chi connectivity index (χ0v) is 14.4. The molecular formula is C16H19FN2O5S. The van der Waals surface area contributed by atoms with Crippen molar-refractivity contribution in [3.63, 3.8) is 0 Å². The molecule has 25 heavy (non-hydrogen) atoms. The quantitative estimate of drug-likeness (QED) is 0.709. The molecule has 136 valence electrons. The molecule has 1 aromatic carbocycles. The third kappa shape index (κ3) is 3.98. The van der Waals surface area contributed by atoms with Gasteiger partial charge in [0.15, 0.2) is 6.61 Å². The highest BCUT2D eigenvalue weighted by Crippen LogP contribution is 2.30. The molecule has 0 unspecified atom stereocenters. The fraction of sp³-hybridized carbons (Fsp3) is 0.500. The lowest BCUT2D eigenvalue weighted by atomic mass is 10.3. The molecule has 1 saturated heterocycles. The van der Waals surface area contributed by atoms with Crippen LogP contribution in [0, 0.1) is 11.7 Å². The number of benzene rings is 1. The van der Waals surface area contributed by atoms with Crippen molar-refractivity contribution in [1.29, 1.82) is 0 Å². The first kappa shape index (κ1) is 17.8. The van der Waals surface area contributed by atoms with E-state index in [1.54, 1.807) is 0 Å². The van der Waals surface area contributed by atoms with Crippen LogP contribution in [0.1, 0.15) is 12.8 Å². The predicted octanol–water partition coefficient (Wildman–Crippen LogP) is 0.612. The highest BCUT2D eigenvalue weighted by Gasteiger charge is 2.34. The highest BCUT2D eigenvalue weighted by atomic mass is 32.2. The second kappa shape index (κ2) is 7.09. The monoisotopic (exact) mass is 370 g/mol. The number of hydrogen-bond acceptors (Lipinski definition) is 5. The van der Waals surface area contributed by atoms with Crippen molar-refractivity contribution in [3.8, 4) is 0 Å². The summed E-state index contributed by atoms with van der Waals surface area (Å²) in [7, 11) is -3.94. The van der Waals surface area contributed by atoms with Gasteiger partial charge >= 0.3 is 5.97 Å². The molecule has 1 amide bonds. The number of sulfonamides is 1. The largest absolute Gasteiger partial charge is 0.455 e. The van der Waals surface area contributed by atoms with Crippen molar-refractivity contribution in [2.45, 2.75) is 17.7 Å². The van der Waals surface area contributed by atoms with Crippen molar-refractivity contribution < 1.29 is 27.1 Å². The van der Waals surface area contributed by atoms with Gasteiger partial charge in [0, 0.05) is 26.2 Å². The Hall–Kier alpha value is -2.00. The van der Waals surface area contributed by atoms with E-state index in [1.165, 1.54) is 23.1 Å². The van der Waals surface area contributed by atoms with Gasteiger partial charge in [-0.25, -0.2) is 12.8 Å². The zero-order chi connectivity index (χ0) is 18.0. The summed E-state index contributed by atoms with van der Waals surface area (Å²) in [6, 6.07) is 5.21. The van der Waals surface area contributed by atoms with E-state index < -0.39 is 15.8 Å². The lowest BCUT2D eigenvalue weighted by Gasteiger charge is -2.33. The van der Waals surface area contributed by atoms with Gasteiger partial charge in [-0.1, -0.05) is 12.1 Å². The third-order valence-electron chi connectivity index (χ3n) is 4.29. The molecule has 0 aromatic heterocycles. The summed E-state index contributed by atoms with van der Waals surface area (Å²) in [5.74, 6) is -1.57. The summed E-state index contributed by atoms with van der Waals surface area (Å²) in [6.45, 7) is 0.161. The molecule has 7 nitrogen and oxygen atoms in total. The maximum atomic E-state index is 13.8. The molecule has 0 atom stereocenters. The van der Waals surface area contributed by atoms with Gasteiger partial charge in [0.05, 0.1) is 5.92 Å². The first-order valence-corrected chi connectivity index (χ1v) is 9.52. The van der Waals surface area contributed by atoms with Gasteiger partial charge in [-0.05, 0) is 25.0 Å². The van der Waals surface area contributed by atoms with Gasteiger partial charge in [0.25, 0.3) is 5.91 Å². The number of nitrogens with zero attached hydrogens (tertiary/aromatic N) is 2. The molecule has 0 spiro atoms. The number of ether oxygens (including phenoxy) is 1. The normalized spacial score (nSPS) is 18.8. The van der Waals surface area contributed by atoms with Crippen LogP contribution in [0.2, 0.25) is 0 Å². The Morgan fingerprint density at radius 3 is 2.36 bits per heavy atom. The summed E-state index contributed by atoms with van der Waals surface area (Å²) < 4.78 is 44.9. The average molecular weight is 370 g/mol. The molecule has 9 heteroatoms. The van der Waals surface area contributed by atoms with E-state index in [0.29, 0.717) is 0 Å². The van der Waals surface area contributed by atoms with Crippen molar-refractivity contribution in [2.24, 2.45) is 5.92 Å². The molecular weight excluding hydrogens is 351 g/mol. The molecule has 0 N–H and O–H groups in total. The van der Waals surface area contributed by atoms with E-state index in [1.807, 2.05) is 0 Å². The summed E-state index contributed by atoms with van der Waals surface area (Å²) in [5, 5.41) is 0. The molecule has 0 bridgehead atoms. The van der Waals surface area contributed by atoms with Crippen LogP contribution in [-0.2, 0) is 24.3 Å². The number of halogens is 1. The van der Waals surface area contributed by atoms with Gasteiger partial charge in [0.2, 0.25) is 10.0 Å². The van der Waals surface area contributed by atoms with Crippen LogP contribution in [0.4, 0.5) is 4.39 Å². The predicted molar refractivity (Wildman–Crippen MR) is 85.4 cm³/mol. The van der Waals surface area contributed by atoms with Gasteiger partial charge in [-0.3, -0.25) is 9.59 Å². The van der Waals surface area contributed by atoms with Crippen LogP contribution < -0.4 is 0 Å². The van der Waals surface area contributed by atoms with Crippen LogP contribution in [0.5, 0.6) is 0 Å². The Balaban J connectivity index is 1.55. The number of carbonyl (C=O) groups is 2. The minimum atomic E-state index is -3.94. The number of amides is 1. The maximum Gasteiger partial charge on any atom is 0.309 e. The van der Waals surface area contributed by atoms with Crippen LogP contribution in [-0.4, -0.2) is 62.3 Å². The number of carbonyl (C=O) groups excluding carboxylic acids is 2. The fourth-order valence-corrected chi connectivity index (χ4v) is 4.12. The zero-order valence-electron chi connectivity index (χ0n) is 13.6. The lowest BCUT2D eigenvalue weighted by molar-refractivity contribution is -0.153. The van der Waals surface area contributed by atoms with Crippen LogP contribution in [0.25, 0.3) is 0 Å². The van der Waals surface area contributed by atoms with Gasteiger partial charge in [0.1, 0.15) is 10.7 Å². The minimum Gasteiger partial charge on any atom is -0.455 e. The Kier molecular flexibility index (Phi) is 5.05. The van der Waals surface area contributed by atoms with Crippen molar-refractivity contribution in [3.05, 3.63) is 30.1 Å². The fourth-order valence-electron chi connectivity index (χ4n) is 2.63. The molecule has 3 rings (SSSR count). The maximum absolute atomic E-state index is 13.8. The van der Waals surface area contributed by atoms with Crippen molar-refractivity contribution >= 4 is 21.9 Å². The topological polar surface area (TPSA) is 84.0 Å². The first-order chi connectivity index (χ1) is 11.9. The summed E-state index contributed by atoms with van der Waals surface area (Å²) >= 11 is 0. The highest BCUT2D eigenvalue weighted by molar-refractivity contribution is 7.89. The van der Waals surface area contributed by atoms with E-state index >= 15 is 0 Å². The molecule has 1 aromatic rings. The number of piperazine rings is 1. The summed E-state index contributed by atoms with van der Waals surface area (Å²) in [6.07, 6.45) is 1.61. The van der Waals surface area contributed by atoms with Gasteiger partial charge in [-0.2, -0.15) is 4.31 Å². The Labute approximate surface area is 145 Å². The molecule has 1 aliphatic carbocycles. The molecule has 0 radical (unpaired) electrons. The molecule has 1 saturated carbocycles. The standard InChI is InChI=1S/C16H19FN2O5S/c17-13-3-1-2-4-14(13)25(22,23)19-9-7-18(8-10-19)15(20)11-24-16(21)12-5-6-12/h1-4,12H,5-11H2. The van der Waals surface area contributed by atoms with Gasteiger partial charge < -0.3 is 9.64 Å². The van der Waals surface area contributed by atoms with Crippen LogP contribution in [0.15, 0.2) is 29.2 Å². The molecule has 1 heterocycles. The third-order valence-corrected chi connectivity index (χ3v) is 6.23. The number of esters is 1. The van der Waals surface area contributed by atoms with Gasteiger partial charge in [-0.15, -0.1) is 0 Å². The van der Waals surface area contributed by atoms with E-state index in [-0.39, 0.29) is 55.5 Å². The molecule has 1 aliphatic heterocycles. The average Bonchev–Trinajstić information content (AvgIpc) is 3.45. The SMILES string of the molecule is O=C(OCC(=O)N1CCN(S(=O)(=O)c2ccccc2F)CC1)C1CC1. The number of rotatable bonds is 5. The van der Waals surface area contributed by atoms with E-state index in [2.05, 4.69) is 0 Å². The first-order valence-electron chi connectivity index (χ1n) is 8.08. The number of hydrogen-bond donors (Lipinski definition) is 0. The molecule has 2 aliphatic rings. The summed E-state index contributed by atoms with van der Waals surface area (Å²) in [4.78, 5) is 24.6. The second-order valence-corrected chi connectivity index (χ2v) is 8.00. The van der Waals surface area contributed by atoms with E-state index in [9.17, 15) is 22.4 Å². The molecule has 2 fully saturated rings. The van der Waals surface area contributed by atoms with E-state index in [4.69, 9.17) is 4.74 Å². The van der Waals surface area contributed by atoms with Crippen molar-refractivity contribution in [2.75, 3.05) is 32.8 Å². The Morgan fingerprint density at radius 1 is 1.12 bits per heavy atom. The van der Waals surface area contributed by atoms with Crippen LogP contribution in [0.3, 0.4) is 0 Å². The van der Waals surface area contributed by atoms with Crippen LogP contribution >= 0.6 is 0 Å². The van der Waals surface area contributed by atoms with E-state index in [0.717, 1.165) is 23.2 Å². The minimum absolute atomic E-state index is 0.0684. The summed E-state index contributed by atoms with van der Waals surface area (Å²) in [5.41, 5.74) is 0. The second-order valence-electron chi connectivity index (χ2n) is 6.10. The smallest absolute Gasteiger partial charge is 0.309 e.